The molecule has 0 heterocycles. The molecule has 0 radical (unpaired) electrons. The normalized spacial score (nSPS) is 12.4. The predicted molar refractivity (Wildman–Crippen MR) is 57.2 cm³/mol. The first-order chi connectivity index (χ1) is 6.65. The van der Waals surface area contributed by atoms with Crippen LogP contribution in [0, 0.1) is 0 Å². The van der Waals surface area contributed by atoms with E-state index in [0.717, 1.165) is 12.0 Å². The number of benzene rings is 1. The fourth-order valence-corrected chi connectivity index (χ4v) is 1.37. The zero-order valence-corrected chi connectivity index (χ0v) is 8.58. The first-order valence-electron chi connectivity index (χ1n) is 4.70. The Labute approximate surface area is 84.3 Å². The molecule has 1 atom stereocenters. The minimum Gasteiger partial charge on any atom is -0.366 e. The number of primary amides is 1. The molecule has 0 unspecified atom stereocenters. The highest BCUT2D eigenvalue weighted by Gasteiger charge is 2.08. The van der Waals surface area contributed by atoms with Gasteiger partial charge in [-0.25, -0.2) is 0 Å². The van der Waals surface area contributed by atoms with E-state index in [-0.39, 0.29) is 5.91 Å². The molecule has 0 bridgehead atoms. The molecule has 0 aliphatic rings. The van der Waals surface area contributed by atoms with Gasteiger partial charge in [-0.05, 0) is 32.0 Å². The van der Waals surface area contributed by atoms with Gasteiger partial charge in [-0.15, -0.1) is 0 Å². The third-order valence-electron chi connectivity index (χ3n) is 2.30. The SMILES string of the molecule is CN[C@H](C)Cc1ccccc1C(N)=O. The highest BCUT2D eigenvalue weighted by molar-refractivity contribution is 5.94. The van der Waals surface area contributed by atoms with Gasteiger partial charge in [-0.2, -0.15) is 0 Å². The number of nitrogens with two attached hydrogens (primary N) is 1. The fraction of sp³-hybridized carbons (Fsp3) is 0.364. The lowest BCUT2D eigenvalue weighted by Gasteiger charge is -2.12. The maximum atomic E-state index is 11.1. The van der Waals surface area contributed by atoms with Crippen LogP contribution in [0.3, 0.4) is 0 Å². The molecule has 3 N–H and O–H groups in total. The van der Waals surface area contributed by atoms with Crippen LogP contribution < -0.4 is 11.1 Å². The van der Waals surface area contributed by atoms with E-state index in [0.29, 0.717) is 11.6 Å². The molecule has 0 fully saturated rings. The molecule has 0 aliphatic carbocycles. The van der Waals surface area contributed by atoms with Crippen LogP contribution in [0.1, 0.15) is 22.8 Å². The lowest BCUT2D eigenvalue weighted by Crippen LogP contribution is -2.25. The van der Waals surface area contributed by atoms with Crippen molar-refractivity contribution in [2.45, 2.75) is 19.4 Å². The van der Waals surface area contributed by atoms with Crippen molar-refractivity contribution in [2.75, 3.05) is 7.05 Å². The maximum Gasteiger partial charge on any atom is 0.248 e. The Morgan fingerprint density at radius 3 is 2.71 bits per heavy atom. The van der Waals surface area contributed by atoms with Crippen molar-refractivity contribution in [1.82, 2.24) is 5.32 Å². The van der Waals surface area contributed by atoms with Gasteiger partial charge in [0.05, 0.1) is 0 Å². The molecule has 1 rings (SSSR count). The van der Waals surface area contributed by atoms with Gasteiger partial charge in [0.15, 0.2) is 0 Å². The van der Waals surface area contributed by atoms with Crippen LogP contribution in [0.4, 0.5) is 0 Å². The number of hydrogen-bond donors (Lipinski definition) is 2. The van der Waals surface area contributed by atoms with E-state index in [1.807, 2.05) is 25.2 Å². The number of nitrogens with one attached hydrogen (secondary N) is 1. The van der Waals surface area contributed by atoms with Crippen molar-refractivity contribution in [3.63, 3.8) is 0 Å². The summed E-state index contributed by atoms with van der Waals surface area (Å²) in [7, 11) is 1.90. The number of rotatable bonds is 4. The smallest absolute Gasteiger partial charge is 0.248 e. The van der Waals surface area contributed by atoms with E-state index in [2.05, 4.69) is 12.2 Å². The minimum atomic E-state index is -0.357. The molecule has 3 nitrogen and oxygen atoms in total. The van der Waals surface area contributed by atoms with E-state index in [4.69, 9.17) is 5.73 Å². The van der Waals surface area contributed by atoms with Gasteiger partial charge < -0.3 is 11.1 Å². The predicted octanol–water partition coefficient (Wildman–Crippen LogP) is 0.936. The Morgan fingerprint density at radius 2 is 2.14 bits per heavy atom. The van der Waals surface area contributed by atoms with Crippen LogP contribution in [0.15, 0.2) is 24.3 Å². The molecule has 0 saturated carbocycles. The number of hydrogen-bond acceptors (Lipinski definition) is 2. The van der Waals surface area contributed by atoms with Gasteiger partial charge in [0.1, 0.15) is 0 Å². The highest BCUT2D eigenvalue weighted by Crippen LogP contribution is 2.10. The van der Waals surface area contributed by atoms with Gasteiger partial charge in [-0.1, -0.05) is 18.2 Å². The van der Waals surface area contributed by atoms with E-state index < -0.39 is 0 Å². The molecule has 14 heavy (non-hydrogen) atoms. The van der Waals surface area contributed by atoms with E-state index in [9.17, 15) is 4.79 Å². The molecule has 76 valence electrons. The van der Waals surface area contributed by atoms with Crippen LogP contribution in [-0.2, 0) is 6.42 Å². The second-order valence-electron chi connectivity index (χ2n) is 3.42. The van der Waals surface area contributed by atoms with E-state index >= 15 is 0 Å². The number of carbonyl (C=O) groups excluding carboxylic acids is 1. The summed E-state index contributed by atoms with van der Waals surface area (Å²) in [6.07, 6.45) is 0.815. The van der Waals surface area contributed by atoms with Crippen molar-refractivity contribution in [3.8, 4) is 0 Å². The second-order valence-corrected chi connectivity index (χ2v) is 3.42. The Hall–Kier alpha value is -1.35. The average Bonchev–Trinajstić information content (AvgIpc) is 2.18. The molecule has 0 aromatic heterocycles. The molecule has 1 aromatic rings. The highest BCUT2D eigenvalue weighted by atomic mass is 16.1. The van der Waals surface area contributed by atoms with Crippen LogP contribution in [-0.4, -0.2) is 19.0 Å². The maximum absolute atomic E-state index is 11.1. The first kappa shape index (κ1) is 10.7. The quantitative estimate of drug-likeness (QED) is 0.745. The Morgan fingerprint density at radius 1 is 1.50 bits per heavy atom. The summed E-state index contributed by atoms with van der Waals surface area (Å²) in [5, 5.41) is 3.13. The number of carbonyl (C=O) groups is 1. The topological polar surface area (TPSA) is 55.1 Å². The van der Waals surface area contributed by atoms with Crippen molar-refractivity contribution in [1.29, 1.82) is 0 Å². The van der Waals surface area contributed by atoms with Crippen molar-refractivity contribution in [3.05, 3.63) is 35.4 Å². The molecule has 3 heteroatoms. The van der Waals surface area contributed by atoms with Crippen molar-refractivity contribution in [2.24, 2.45) is 5.73 Å². The number of likely N-dealkylation sites (N-methyl/N-ethyl adjacent to an activating group) is 1. The van der Waals surface area contributed by atoms with Crippen LogP contribution in [0.2, 0.25) is 0 Å². The summed E-state index contributed by atoms with van der Waals surface area (Å²) in [6, 6.07) is 7.79. The third kappa shape index (κ3) is 2.57. The summed E-state index contributed by atoms with van der Waals surface area (Å²) in [5.41, 5.74) is 6.89. The fourth-order valence-electron chi connectivity index (χ4n) is 1.37. The van der Waals surface area contributed by atoms with Crippen molar-refractivity contribution < 1.29 is 4.79 Å². The molecule has 0 aliphatic heterocycles. The van der Waals surface area contributed by atoms with Gasteiger partial charge in [-0.3, -0.25) is 4.79 Å². The largest absolute Gasteiger partial charge is 0.366 e. The molecular formula is C11H16N2O. The first-order valence-corrected chi connectivity index (χ1v) is 4.70. The standard InChI is InChI=1S/C11H16N2O/c1-8(13-2)7-9-5-3-4-6-10(9)11(12)14/h3-6,8,13H,7H2,1-2H3,(H2,12,14)/t8-/m1/s1. The number of amides is 1. The zero-order chi connectivity index (χ0) is 10.6. The van der Waals surface area contributed by atoms with Gasteiger partial charge in [0, 0.05) is 11.6 Å². The molecule has 1 aromatic carbocycles. The summed E-state index contributed by atoms with van der Waals surface area (Å²) in [6.45, 7) is 2.07. The molecule has 0 spiro atoms. The lowest BCUT2D eigenvalue weighted by atomic mass is 10.0. The van der Waals surface area contributed by atoms with Crippen molar-refractivity contribution >= 4 is 5.91 Å². The molecule has 1 amide bonds. The van der Waals surface area contributed by atoms with Crippen LogP contribution in [0.25, 0.3) is 0 Å². The summed E-state index contributed by atoms with van der Waals surface area (Å²) >= 11 is 0. The van der Waals surface area contributed by atoms with Gasteiger partial charge >= 0.3 is 0 Å². The van der Waals surface area contributed by atoms with E-state index in [1.165, 1.54) is 0 Å². The lowest BCUT2D eigenvalue weighted by molar-refractivity contribution is 0.0999. The van der Waals surface area contributed by atoms with Gasteiger partial charge in [0.25, 0.3) is 0 Å². The van der Waals surface area contributed by atoms with Gasteiger partial charge in [0.2, 0.25) is 5.91 Å². The van der Waals surface area contributed by atoms with Crippen LogP contribution >= 0.6 is 0 Å². The monoisotopic (exact) mass is 192 g/mol. The van der Waals surface area contributed by atoms with E-state index in [1.54, 1.807) is 6.07 Å². The molecular weight excluding hydrogens is 176 g/mol. The Bertz CT molecular complexity index is 323. The zero-order valence-electron chi connectivity index (χ0n) is 8.58. The molecule has 0 saturated heterocycles. The average molecular weight is 192 g/mol. The van der Waals surface area contributed by atoms with Crippen LogP contribution in [0.5, 0.6) is 0 Å². The minimum absolute atomic E-state index is 0.343. The third-order valence-corrected chi connectivity index (χ3v) is 2.30. The Kier molecular flexibility index (Phi) is 3.65. The Balaban J connectivity index is 2.90. The summed E-state index contributed by atoms with van der Waals surface area (Å²) < 4.78 is 0. The summed E-state index contributed by atoms with van der Waals surface area (Å²) in [5.74, 6) is -0.357. The second kappa shape index (κ2) is 4.77. The summed E-state index contributed by atoms with van der Waals surface area (Å²) in [4.78, 5) is 11.1.